The molecular weight excluding hydrogens is 359 g/mol. The molecule has 22 heavy (non-hydrogen) atoms. The summed E-state index contributed by atoms with van der Waals surface area (Å²) in [5.74, 6) is -2.45. The van der Waals surface area contributed by atoms with Crippen molar-refractivity contribution >= 4 is 27.4 Å². The molecule has 1 N–H and O–H groups in total. The quantitative estimate of drug-likeness (QED) is 0.770. The summed E-state index contributed by atoms with van der Waals surface area (Å²) in [6.45, 7) is 1.47. The zero-order valence-electron chi connectivity index (χ0n) is 11.7. The van der Waals surface area contributed by atoms with Gasteiger partial charge < -0.3 is 5.32 Å². The van der Waals surface area contributed by atoms with Crippen LogP contribution in [0.1, 0.15) is 22.8 Å². The molecule has 2 rings (SSSR count). The Kier molecular flexibility index (Phi) is 5.24. The van der Waals surface area contributed by atoms with Gasteiger partial charge in [-0.1, -0.05) is 6.07 Å². The molecule has 0 bridgehead atoms. The lowest BCUT2D eigenvalue weighted by atomic mass is 10.1. The molecule has 0 unspecified atom stereocenters. The van der Waals surface area contributed by atoms with Gasteiger partial charge in [0.25, 0.3) is 0 Å². The fraction of sp³-hybridized carbons (Fsp3) is 0.188. The van der Waals surface area contributed by atoms with Crippen molar-refractivity contribution in [1.29, 1.82) is 0 Å². The first-order valence-electron chi connectivity index (χ1n) is 6.56. The molecule has 0 aliphatic heterocycles. The van der Waals surface area contributed by atoms with Crippen LogP contribution < -0.4 is 5.32 Å². The standard InChI is InChI=1S/C16H13BrF3NO/c1-9(22)11-7-14(19)16(15(20)8-11)21-5-4-10-2-3-12(17)13(18)6-10/h2-3,6-8,21H,4-5H2,1H3. The molecule has 0 amide bonds. The first kappa shape index (κ1) is 16.5. The third-order valence-electron chi connectivity index (χ3n) is 3.15. The Labute approximate surface area is 134 Å². The number of carbonyl (C=O) groups is 1. The SMILES string of the molecule is CC(=O)c1cc(F)c(NCCc2ccc(Br)c(F)c2)c(F)c1. The van der Waals surface area contributed by atoms with Gasteiger partial charge in [-0.3, -0.25) is 4.79 Å². The van der Waals surface area contributed by atoms with E-state index in [2.05, 4.69) is 21.2 Å². The van der Waals surface area contributed by atoms with Gasteiger partial charge >= 0.3 is 0 Å². The molecular formula is C16H13BrF3NO. The van der Waals surface area contributed by atoms with Gasteiger partial charge in [-0.05, 0) is 59.1 Å². The van der Waals surface area contributed by atoms with Crippen LogP contribution in [0.4, 0.5) is 18.9 Å². The van der Waals surface area contributed by atoms with Crippen molar-refractivity contribution in [1.82, 2.24) is 0 Å². The second-order valence-corrected chi connectivity index (χ2v) is 5.65. The monoisotopic (exact) mass is 371 g/mol. The van der Waals surface area contributed by atoms with E-state index in [9.17, 15) is 18.0 Å². The number of rotatable bonds is 5. The highest BCUT2D eigenvalue weighted by Gasteiger charge is 2.13. The van der Waals surface area contributed by atoms with Gasteiger partial charge in [-0.15, -0.1) is 0 Å². The fourth-order valence-electron chi connectivity index (χ4n) is 1.97. The fourth-order valence-corrected chi connectivity index (χ4v) is 2.22. The van der Waals surface area contributed by atoms with Crippen molar-refractivity contribution in [3.8, 4) is 0 Å². The second-order valence-electron chi connectivity index (χ2n) is 4.80. The van der Waals surface area contributed by atoms with Gasteiger partial charge in [0.15, 0.2) is 5.78 Å². The molecule has 0 spiro atoms. The molecule has 6 heteroatoms. The van der Waals surface area contributed by atoms with Gasteiger partial charge in [0, 0.05) is 12.1 Å². The first-order chi connectivity index (χ1) is 10.4. The zero-order valence-corrected chi connectivity index (χ0v) is 13.3. The van der Waals surface area contributed by atoms with E-state index in [1.165, 1.54) is 13.0 Å². The second kappa shape index (κ2) is 6.96. The van der Waals surface area contributed by atoms with Crippen molar-refractivity contribution < 1.29 is 18.0 Å². The molecule has 2 nitrogen and oxygen atoms in total. The molecule has 0 saturated heterocycles. The normalized spacial score (nSPS) is 10.6. The highest BCUT2D eigenvalue weighted by atomic mass is 79.9. The number of hydrogen-bond acceptors (Lipinski definition) is 2. The number of nitrogens with one attached hydrogen (secondary N) is 1. The van der Waals surface area contributed by atoms with Gasteiger partial charge in [-0.2, -0.15) is 0 Å². The summed E-state index contributed by atoms with van der Waals surface area (Å²) in [5, 5.41) is 2.63. The number of anilines is 1. The van der Waals surface area contributed by atoms with Crippen LogP contribution >= 0.6 is 15.9 Å². The Bertz CT molecular complexity index is 696. The van der Waals surface area contributed by atoms with Crippen LogP contribution in [0, 0.1) is 17.5 Å². The van der Waals surface area contributed by atoms with Crippen LogP contribution in [-0.2, 0) is 6.42 Å². The molecule has 0 atom stereocenters. The molecule has 2 aromatic carbocycles. The van der Waals surface area contributed by atoms with Crippen LogP contribution in [-0.4, -0.2) is 12.3 Å². The summed E-state index contributed by atoms with van der Waals surface area (Å²) in [5.41, 5.74) is 0.396. The smallest absolute Gasteiger partial charge is 0.160 e. The molecule has 0 heterocycles. The lowest BCUT2D eigenvalue weighted by Crippen LogP contribution is -2.09. The van der Waals surface area contributed by atoms with E-state index in [4.69, 9.17) is 0 Å². The van der Waals surface area contributed by atoms with E-state index in [-0.39, 0.29) is 23.6 Å². The molecule has 2 aromatic rings. The van der Waals surface area contributed by atoms with Gasteiger partial charge in [-0.25, -0.2) is 13.2 Å². The number of halogens is 4. The van der Waals surface area contributed by atoms with E-state index in [0.717, 1.165) is 12.1 Å². The number of Topliss-reactive ketones (excluding diaryl/α,β-unsaturated/α-hetero) is 1. The Morgan fingerprint density at radius 2 is 1.73 bits per heavy atom. The maximum Gasteiger partial charge on any atom is 0.160 e. The molecule has 0 fully saturated rings. The van der Waals surface area contributed by atoms with Crippen molar-refractivity contribution in [3.05, 3.63) is 63.4 Å². The minimum absolute atomic E-state index is 0.0180. The Morgan fingerprint density at radius 3 is 2.27 bits per heavy atom. The molecule has 0 aromatic heterocycles. The van der Waals surface area contributed by atoms with Crippen LogP contribution in [0.15, 0.2) is 34.8 Å². The van der Waals surface area contributed by atoms with Gasteiger partial charge in [0.05, 0.1) is 4.47 Å². The van der Waals surface area contributed by atoms with Crippen LogP contribution in [0.2, 0.25) is 0 Å². The predicted molar refractivity (Wildman–Crippen MR) is 82.7 cm³/mol. The minimum Gasteiger partial charge on any atom is -0.380 e. The molecule has 0 aliphatic rings. The van der Waals surface area contributed by atoms with Crippen molar-refractivity contribution in [3.63, 3.8) is 0 Å². The topological polar surface area (TPSA) is 29.1 Å². The summed E-state index contributed by atoms with van der Waals surface area (Å²) < 4.78 is 41.3. The van der Waals surface area contributed by atoms with E-state index in [1.807, 2.05) is 0 Å². The maximum atomic E-state index is 13.8. The van der Waals surface area contributed by atoms with E-state index in [0.29, 0.717) is 16.5 Å². The van der Waals surface area contributed by atoms with Crippen LogP contribution in [0.25, 0.3) is 0 Å². The Morgan fingerprint density at radius 1 is 1.09 bits per heavy atom. The van der Waals surface area contributed by atoms with E-state index >= 15 is 0 Å². The number of carbonyl (C=O) groups excluding carboxylic acids is 1. The lowest BCUT2D eigenvalue weighted by molar-refractivity contribution is 0.101. The molecule has 0 aliphatic carbocycles. The van der Waals surface area contributed by atoms with E-state index < -0.39 is 17.4 Å². The first-order valence-corrected chi connectivity index (χ1v) is 7.35. The number of ketones is 1. The van der Waals surface area contributed by atoms with Crippen molar-refractivity contribution in [2.24, 2.45) is 0 Å². The minimum atomic E-state index is -0.827. The summed E-state index contributed by atoms with van der Waals surface area (Å²) in [6.07, 6.45) is 0.400. The highest BCUT2D eigenvalue weighted by Crippen LogP contribution is 2.21. The zero-order chi connectivity index (χ0) is 16.3. The Hall–Kier alpha value is -1.82. The summed E-state index contributed by atoms with van der Waals surface area (Å²) in [7, 11) is 0. The number of hydrogen-bond donors (Lipinski definition) is 1. The van der Waals surface area contributed by atoms with Gasteiger partial charge in [0.2, 0.25) is 0 Å². The predicted octanol–water partition coefficient (Wildman–Crippen LogP) is 4.72. The lowest BCUT2D eigenvalue weighted by Gasteiger charge is -2.10. The third kappa shape index (κ3) is 3.88. The van der Waals surface area contributed by atoms with Crippen LogP contribution in [0.5, 0.6) is 0 Å². The maximum absolute atomic E-state index is 13.8. The summed E-state index contributed by atoms with van der Waals surface area (Å²) >= 11 is 3.05. The van der Waals surface area contributed by atoms with Gasteiger partial charge in [0.1, 0.15) is 23.1 Å². The van der Waals surface area contributed by atoms with E-state index in [1.54, 1.807) is 12.1 Å². The summed E-state index contributed by atoms with van der Waals surface area (Å²) in [4.78, 5) is 11.1. The molecule has 0 radical (unpaired) electrons. The largest absolute Gasteiger partial charge is 0.380 e. The Balaban J connectivity index is 2.05. The summed E-state index contributed by atoms with van der Waals surface area (Å²) in [6, 6.07) is 6.64. The molecule has 0 saturated carbocycles. The average Bonchev–Trinajstić information content (AvgIpc) is 2.45. The average molecular weight is 372 g/mol. The van der Waals surface area contributed by atoms with Crippen molar-refractivity contribution in [2.75, 3.05) is 11.9 Å². The number of benzene rings is 2. The molecule has 116 valence electrons. The van der Waals surface area contributed by atoms with Crippen molar-refractivity contribution in [2.45, 2.75) is 13.3 Å². The third-order valence-corrected chi connectivity index (χ3v) is 3.79. The highest BCUT2D eigenvalue weighted by molar-refractivity contribution is 9.10. The van der Waals surface area contributed by atoms with Crippen LogP contribution in [0.3, 0.4) is 0 Å².